The van der Waals surface area contributed by atoms with Crippen LogP contribution in [0.15, 0.2) is 24.3 Å². The number of hydrogen-bond acceptors (Lipinski definition) is 0. The van der Waals surface area contributed by atoms with E-state index < -0.39 is 11.6 Å². The SMILES string of the molecule is BrB(Br)Br.Cc1ccc(C(C)(C)C(F)(F)F)cc1.ClCCl. The highest BCUT2D eigenvalue weighted by atomic mass is 79.9. The van der Waals surface area contributed by atoms with Crippen LogP contribution in [0, 0.1) is 6.92 Å². The maximum Gasteiger partial charge on any atom is 0.397 e. The van der Waals surface area contributed by atoms with E-state index >= 15 is 0 Å². The standard InChI is InChI=1S/C11H13F3.CH2Cl2.BBr3/c1-8-4-6-9(7-5-8)10(2,3)11(12,13)14;2-1-3;2-1(3)4/h4-7H,1-3H3;1H2;. The van der Waals surface area contributed by atoms with Crippen LogP contribution in [0.4, 0.5) is 13.2 Å². The van der Waals surface area contributed by atoms with Gasteiger partial charge in [0, 0.05) is 0 Å². The molecule has 0 amide bonds. The number of alkyl halides is 5. The van der Waals surface area contributed by atoms with Crippen LogP contribution in [0.25, 0.3) is 0 Å². The second kappa shape index (κ2) is 11.6. The number of benzene rings is 1. The van der Waals surface area contributed by atoms with Crippen molar-refractivity contribution in [1.82, 2.24) is 0 Å². The van der Waals surface area contributed by atoms with Crippen LogP contribution in [0.2, 0.25) is 0 Å². The first-order valence-electron chi connectivity index (χ1n) is 5.58. The molecule has 122 valence electrons. The average Bonchev–Trinajstić information content (AvgIpc) is 2.28. The zero-order chi connectivity index (χ0) is 17.3. The van der Waals surface area contributed by atoms with Gasteiger partial charge in [-0.25, -0.2) is 0 Å². The topological polar surface area (TPSA) is 0 Å². The summed E-state index contributed by atoms with van der Waals surface area (Å²) in [6.45, 7) is 4.24. The molecule has 1 aromatic carbocycles. The highest BCUT2D eigenvalue weighted by molar-refractivity contribution is 9.69. The van der Waals surface area contributed by atoms with Gasteiger partial charge in [-0.1, -0.05) is 29.8 Å². The lowest BCUT2D eigenvalue weighted by molar-refractivity contribution is -0.180. The Hall–Kier alpha value is 1.09. The van der Waals surface area contributed by atoms with Gasteiger partial charge in [0.2, 0.25) is 0 Å². The number of halogens is 8. The second-order valence-corrected chi connectivity index (χ2v) is 11.6. The smallest absolute Gasteiger partial charge is 0.170 e. The van der Waals surface area contributed by atoms with Crippen molar-refractivity contribution in [3.05, 3.63) is 35.4 Å². The van der Waals surface area contributed by atoms with Gasteiger partial charge in [-0.3, -0.25) is 0 Å². The Morgan fingerprint density at radius 2 is 1.29 bits per heavy atom. The molecule has 0 nitrogen and oxygen atoms in total. The quantitative estimate of drug-likeness (QED) is 0.258. The summed E-state index contributed by atoms with van der Waals surface area (Å²) in [6.07, 6.45) is -4.21. The minimum atomic E-state index is -4.21. The van der Waals surface area contributed by atoms with E-state index in [2.05, 4.69) is 47.3 Å². The first kappa shape index (κ1) is 24.3. The number of aryl methyl sites for hydroxylation is 1. The Kier molecular flexibility index (Phi) is 13.5. The molecule has 0 bridgehead atoms. The average molecular weight is 538 g/mol. The summed E-state index contributed by atoms with van der Waals surface area (Å²) in [5.41, 5.74) is -0.511. The fraction of sp³-hybridized carbons (Fsp3) is 0.500. The maximum atomic E-state index is 12.6. The van der Waals surface area contributed by atoms with Crippen molar-refractivity contribution in [3.8, 4) is 0 Å². The molecule has 0 atom stereocenters. The third-order valence-corrected chi connectivity index (χ3v) is 2.48. The first-order chi connectivity index (χ1) is 9.40. The maximum absolute atomic E-state index is 12.6. The molecule has 1 aromatic rings. The van der Waals surface area contributed by atoms with Gasteiger partial charge in [0.1, 0.15) is 0 Å². The zero-order valence-corrected chi connectivity index (χ0v) is 17.9. The fourth-order valence-corrected chi connectivity index (χ4v) is 1.13. The summed E-state index contributed by atoms with van der Waals surface area (Å²) in [7, 11) is 0. The lowest BCUT2D eigenvalue weighted by atomic mass is 9.84. The molecule has 0 heterocycles. The van der Waals surface area contributed by atoms with Gasteiger partial charge < -0.3 is 0 Å². The molecule has 9 heteroatoms. The van der Waals surface area contributed by atoms with E-state index in [9.17, 15) is 13.2 Å². The van der Waals surface area contributed by atoms with Gasteiger partial charge in [-0.05, 0) is 26.3 Å². The Morgan fingerprint density at radius 1 is 1.00 bits per heavy atom. The summed E-state index contributed by atoms with van der Waals surface area (Å²) < 4.78 is 38.1. The molecule has 1 rings (SSSR count). The van der Waals surface area contributed by atoms with Crippen LogP contribution in [0.3, 0.4) is 0 Å². The molecular weight excluding hydrogens is 523 g/mol. The molecule has 0 N–H and O–H groups in total. The van der Waals surface area contributed by atoms with Gasteiger partial charge in [-0.15, -0.1) is 70.5 Å². The summed E-state index contributed by atoms with van der Waals surface area (Å²) in [4.78, 5) is 0. The van der Waals surface area contributed by atoms with Crippen molar-refractivity contribution in [2.24, 2.45) is 0 Å². The van der Waals surface area contributed by atoms with Crippen LogP contribution < -0.4 is 0 Å². The molecule has 0 aliphatic heterocycles. The summed E-state index contributed by atoms with van der Waals surface area (Å²) >= 11 is 18.8. The van der Waals surface area contributed by atoms with Gasteiger partial charge >= 0.3 is 9.36 Å². The van der Waals surface area contributed by atoms with E-state index in [1.165, 1.54) is 26.0 Å². The lowest BCUT2D eigenvalue weighted by Crippen LogP contribution is -2.36. The molecule has 0 saturated heterocycles. The Labute approximate surface area is 159 Å². The third-order valence-electron chi connectivity index (χ3n) is 2.48. The number of rotatable bonds is 1. The third kappa shape index (κ3) is 11.3. The molecule has 0 aromatic heterocycles. The largest absolute Gasteiger partial charge is 0.397 e. The minimum Gasteiger partial charge on any atom is -0.170 e. The monoisotopic (exact) mass is 534 g/mol. The van der Waals surface area contributed by atoms with Crippen molar-refractivity contribution in [2.75, 3.05) is 5.34 Å². The fourth-order valence-electron chi connectivity index (χ4n) is 1.13. The van der Waals surface area contributed by atoms with Gasteiger partial charge in [-0.2, -0.15) is 13.2 Å². The van der Waals surface area contributed by atoms with Crippen LogP contribution >= 0.6 is 70.5 Å². The Morgan fingerprint density at radius 3 is 1.52 bits per heavy atom. The van der Waals surface area contributed by atoms with E-state index in [4.69, 9.17) is 23.2 Å². The van der Waals surface area contributed by atoms with Crippen LogP contribution in [-0.4, -0.2) is 14.7 Å². The zero-order valence-electron chi connectivity index (χ0n) is 11.6. The van der Waals surface area contributed by atoms with Gasteiger partial charge in [0.05, 0.1) is 10.8 Å². The Bertz CT molecular complexity index is 382. The van der Waals surface area contributed by atoms with E-state index in [-0.39, 0.29) is 8.52 Å². The highest BCUT2D eigenvalue weighted by Gasteiger charge is 2.48. The summed E-state index contributed by atoms with van der Waals surface area (Å²) in [6, 6.07) is 6.46. The molecule has 21 heavy (non-hydrogen) atoms. The van der Waals surface area contributed by atoms with Crippen LogP contribution in [0.1, 0.15) is 25.0 Å². The molecule has 0 aliphatic rings. The van der Waals surface area contributed by atoms with Crippen molar-refractivity contribution in [2.45, 2.75) is 32.4 Å². The van der Waals surface area contributed by atoms with Crippen molar-refractivity contribution < 1.29 is 13.2 Å². The summed E-state index contributed by atoms with van der Waals surface area (Å²) in [5.74, 6) is 0. The van der Waals surface area contributed by atoms with E-state index in [1.54, 1.807) is 12.1 Å². The normalized spacial score (nSPS) is 10.8. The van der Waals surface area contributed by atoms with Crippen LogP contribution in [0.5, 0.6) is 0 Å². The van der Waals surface area contributed by atoms with Crippen molar-refractivity contribution in [3.63, 3.8) is 0 Å². The first-order valence-corrected chi connectivity index (χ1v) is 9.39. The van der Waals surface area contributed by atoms with Gasteiger partial charge in [0.15, 0.2) is 0 Å². The minimum absolute atomic E-state index is 0.194. The molecular formula is C12H15BBr3Cl2F3. The molecule has 0 fully saturated rings. The predicted octanol–water partition coefficient (Wildman–Crippen LogP) is 7.41. The molecule has 0 aliphatic carbocycles. The van der Waals surface area contributed by atoms with E-state index in [0.717, 1.165) is 5.56 Å². The van der Waals surface area contributed by atoms with E-state index in [0.29, 0.717) is 5.56 Å². The van der Waals surface area contributed by atoms with E-state index in [1.807, 2.05) is 6.92 Å². The molecule has 0 unspecified atom stereocenters. The van der Waals surface area contributed by atoms with Gasteiger partial charge in [0.25, 0.3) is 0 Å². The molecule has 0 saturated carbocycles. The summed E-state index contributed by atoms with van der Waals surface area (Å²) in [5, 5.41) is 0.194. The predicted molar refractivity (Wildman–Crippen MR) is 99.4 cm³/mol. The second-order valence-electron chi connectivity index (χ2n) is 4.34. The van der Waals surface area contributed by atoms with Crippen LogP contribution in [-0.2, 0) is 5.41 Å². The molecule has 0 radical (unpaired) electrons. The number of hydrogen-bond donors (Lipinski definition) is 0. The lowest BCUT2D eigenvalue weighted by Gasteiger charge is -2.28. The highest BCUT2D eigenvalue weighted by Crippen LogP contribution is 2.40. The molecule has 0 spiro atoms. The van der Waals surface area contributed by atoms with Crippen molar-refractivity contribution in [1.29, 1.82) is 0 Å². The van der Waals surface area contributed by atoms with Crippen molar-refractivity contribution >= 4 is 73.7 Å². The Balaban J connectivity index is 0.